The quantitative estimate of drug-likeness (QED) is 0.790. The number of nitrogens with zero attached hydrogens (tertiary/aromatic N) is 4. The van der Waals surface area contributed by atoms with Crippen LogP contribution in [0.25, 0.3) is 5.69 Å². The van der Waals surface area contributed by atoms with Crippen LogP contribution < -0.4 is 10.1 Å². The van der Waals surface area contributed by atoms with Gasteiger partial charge < -0.3 is 14.8 Å². The Morgan fingerprint density at radius 1 is 1.33 bits per heavy atom. The third-order valence-electron chi connectivity index (χ3n) is 2.73. The number of carbonyl (C=O) groups excluding carboxylic acids is 1. The maximum atomic E-state index is 11.5. The summed E-state index contributed by atoms with van der Waals surface area (Å²) in [6, 6.07) is 7.30. The number of aromatic nitrogens is 4. The van der Waals surface area contributed by atoms with Crippen LogP contribution >= 0.6 is 0 Å². The number of hydrogen-bond acceptors (Lipinski definition) is 6. The van der Waals surface area contributed by atoms with Gasteiger partial charge in [0.05, 0.1) is 19.3 Å². The molecule has 0 aliphatic rings. The Hall–Kier alpha value is -2.48. The van der Waals surface area contributed by atoms with Crippen molar-refractivity contribution in [1.82, 2.24) is 25.5 Å². The highest BCUT2D eigenvalue weighted by atomic mass is 16.5. The molecule has 0 spiro atoms. The van der Waals surface area contributed by atoms with Gasteiger partial charge in [-0.05, 0) is 41.6 Å². The van der Waals surface area contributed by atoms with Crippen molar-refractivity contribution < 1.29 is 14.3 Å². The number of nitrogens with one attached hydrogen (secondary N) is 1. The maximum Gasteiger partial charge on any atom is 0.246 e. The van der Waals surface area contributed by atoms with E-state index in [0.717, 1.165) is 11.4 Å². The lowest BCUT2D eigenvalue weighted by molar-refractivity contribution is -0.125. The Balaban J connectivity index is 2.02. The first-order valence-electron chi connectivity index (χ1n) is 6.50. The molecule has 1 N–H and O–H groups in total. The summed E-state index contributed by atoms with van der Waals surface area (Å²) in [6.07, 6.45) is 0. The third-order valence-corrected chi connectivity index (χ3v) is 2.73. The SMILES string of the molecule is CCOCC(=O)NCc1nnnn1-c1ccc(OC)cc1. The fourth-order valence-electron chi connectivity index (χ4n) is 1.66. The van der Waals surface area contributed by atoms with Crippen LogP contribution in [0.3, 0.4) is 0 Å². The van der Waals surface area contributed by atoms with Crippen molar-refractivity contribution in [2.75, 3.05) is 20.3 Å². The minimum atomic E-state index is -0.207. The summed E-state index contributed by atoms with van der Waals surface area (Å²) >= 11 is 0. The zero-order chi connectivity index (χ0) is 15.1. The number of benzene rings is 1. The molecule has 2 rings (SSSR count). The Bertz CT molecular complexity index is 582. The highest BCUT2D eigenvalue weighted by Crippen LogP contribution is 2.14. The molecular weight excluding hydrogens is 274 g/mol. The van der Waals surface area contributed by atoms with Gasteiger partial charge >= 0.3 is 0 Å². The summed E-state index contributed by atoms with van der Waals surface area (Å²) in [4.78, 5) is 11.5. The Kier molecular flexibility index (Phi) is 5.22. The molecule has 0 saturated heterocycles. The lowest BCUT2D eigenvalue weighted by Gasteiger charge is -2.07. The number of methoxy groups -OCH3 is 1. The van der Waals surface area contributed by atoms with Crippen LogP contribution in [0.1, 0.15) is 12.7 Å². The minimum absolute atomic E-state index is 0.0284. The second-order valence-corrected chi connectivity index (χ2v) is 4.12. The van der Waals surface area contributed by atoms with Gasteiger partial charge in [0, 0.05) is 6.61 Å². The molecule has 8 heteroatoms. The van der Waals surface area contributed by atoms with E-state index in [-0.39, 0.29) is 19.1 Å². The van der Waals surface area contributed by atoms with E-state index in [2.05, 4.69) is 20.8 Å². The molecule has 8 nitrogen and oxygen atoms in total. The molecule has 0 unspecified atom stereocenters. The molecule has 21 heavy (non-hydrogen) atoms. The van der Waals surface area contributed by atoms with Crippen LogP contribution in [0, 0.1) is 0 Å². The molecule has 0 bridgehead atoms. The predicted molar refractivity (Wildman–Crippen MR) is 74.0 cm³/mol. The summed E-state index contributed by atoms with van der Waals surface area (Å²) in [5.41, 5.74) is 0.787. The van der Waals surface area contributed by atoms with E-state index in [1.807, 2.05) is 31.2 Å². The Morgan fingerprint density at radius 2 is 2.10 bits per heavy atom. The van der Waals surface area contributed by atoms with E-state index < -0.39 is 0 Å². The van der Waals surface area contributed by atoms with Gasteiger partial charge in [-0.15, -0.1) is 5.10 Å². The van der Waals surface area contributed by atoms with Crippen LogP contribution in [-0.4, -0.2) is 46.4 Å². The van der Waals surface area contributed by atoms with E-state index in [9.17, 15) is 4.79 Å². The molecule has 2 aromatic rings. The van der Waals surface area contributed by atoms with Crippen molar-refractivity contribution in [2.45, 2.75) is 13.5 Å². The van der Waals surface area contributed by atoms with Crippen molar-refractivity contribution in [3.05, 3.63) is 30.1 Å². The van der Waals surface area contributed by atoms with Crippen molar-refractivity contribution in [3.8, 4) is 11.4 Å². The molecule has 1 aromatic carbocycles. The first-order valence-corrected chi connectivity index (χ1v) is 6.50. The largest absolute Gasteiger partial charge is 0.497 e. The number of ether oxygens (including phenoxy) is 2. The van der Waals surface area contributed by atoms with Crippen LogP contribution in [0.4, 0.5) is 0 Å². The van der Waals surface area contributed by atoms with Crippen molar-refractivity contribution in [2.24, 2.45) is 0 Å². The highest BCUT2D eigenvalue weighted by Gasteiger charge is 2.10. The van der Waals surface area contributed by atoms with Crippen molar-refractivity contribution in [1.29, 1.82) is 0 Å². The average Bonchev–Trinajstić information content (AvgIpc) is 2.99. The van der Waals surface area contributed by atoms with Gasteiger partial charge in [0.1, 0.15) is 12.4 Å². The monoisotopic (exact) mass is 291 g/mol. The molecule has 112 valence electrons. The molecule has 0 radical (unpaired) electrons. The molecule has 1 aromatic heterocycles. The maximum absolute atomic E-state index is 11.5. The van der Waals surface area contributed by atoms with E-state index in [1.54, 1.807) is 11.8 Å². The molecule has 1 heterocycles. The second kappa shape index (κ2) is 7.34. The van der Waals surface area contributed by atoms with Crippen LogP contribution in [0.15, 0.2) is 24.3 Å². The van der Waals surface area contributed by atoms with E-state index in [0.29, 0.717) is 12.4 Å². The molecule has 0 saturated carbocycles. The second-order valence-electron chi connectivity index (χ2n) is 4.12. The lowest BCUT2D eigenvalue weighted by atomic mass is 10.3. The molecule has 0 fully saturated rings. The average molecular weight is 291 g/mol. The number of carbonyl (C=O) groups is 1. The smallest absolute Gasteiger partial charge is 0.246 e. The van der Waals surface area contributed by atoms with Crippen molar-refractivity contribution in [3.63, 3.8) is 0 Å². The summed E-state index contributed by atoms with van der Waals surface area (Å²) < 4.78 is 11.7. The zero-order valence-electron chi connectivity index (χ0n) is 11.9. The number of tetrazole rings is 1. The number of amides is 1. The summed E-state index contributed by atoms with van der Waals surface area (Å²) in [5.74, 6) is 1.07. The molecule has 0 aliphatic carbocycles. The van der Waals surface area contributed by atoms with Gasteiger partial charge in [-0.25, -0.2) is 0 Å². The molecule has 0 aliphatic heterocycles. The molecular formula is C13H17N5O3. The third kappa shape index (κ3) is 3.99. The zero-order valence-corrected chi connectivity index (χ0v) is 11.9. The number of rotatable bonds is 7. The van der Waals surface area contributed by atoms with E-state index in [4.69, 9.17) is 9.47 Å². The van der Waals surface area contributed by atoms with Gasteiger partial charge in [0.2, 0.25) is 5.91 Å². The van der Waals surface area contributed by atoms with Gasteiger partial charge in [-0.1, -0.05) is 0 Å². The van der Waals surface area contributed by atoms with Gasteiger partial charge in [0.25, 0.3) is 0 Å². The normalized spacial score (nSPS) is 10.4. The summed E-state index contributed by atoms with van der Waals surface area (Å²) in [6.45, 7) is 2.58. The number of hydrogen-bond donors (Lipinski definition) is 1. The topological polar surface area (TPSA) is 91.2 Å². The summed E-state index contributed by atoms with van der Waals surface area (Å²) in [5, 5.41) is 14.1. The lowest BCUT2D eigenvalue weighted by Crippen LogP contribution is -2.28. The standard InChI is InChI=1S/C13H17N5O3/c1-3-21-9-13(19)14-8-12-15-16-17-18(12)10-4-6-11(20-2)7-5-10/h4-7H,3,8-9H2,1-2H3,(H,14,19). The first kappa shape index (κ1) is 14.9. The van der Waals surface area contributed by atoms with Crippen LogP contribution in [0.5, 0.6) is 5.75 Å². The fraction of sp³-hybridized carbons (Fsp3) is 0.385. The minimum Gasteiger partial charge on any atom is -0.497 e. The predicted octanol–water partition coefficient (Wildman–Crippen LogP) is 0.324. The van der Waals surface area contributed by atoms with Crippen LogP contribution in [-0.2, 0) is 16.1 Å². The van der Waals surface area contributed by atoms with Gasteiger partial charge in [-0.3, -0.25) is 4.79 Å². The van der Waals surface area contributed by atoms with Gasteiger partial charge in [0.15, 0.2) is 5.82 Å². The van der Waals surface area contributed by atoms with Crippen LogP contribution in [0.2, 0.25) is 0 Å². The Labute approximate surface area is 122 Å². The van der Waals surface area contributed by atoms with E-state index in [1.165, 1.54) is 0 Å². The van der Waals surface area contributed by atoms with Crippen molar-refractivity contribution >= 4 is 5.91 Å². The van der Waals surface area contributed by atoms with Gasteiger partial charge in [-0.2, -0.15) is 4.68 Å². The summed E-state index contributed by atoms with van der Waals surface area (Å²) in [7, 11) is 1.60. The van der Waals surface area contributed by atoms with E-state index >= 15 is 0 Å². The Morgan fingerprint density at radius 3 is 2.76 bits per heavy atom. The first-order chi connectivity index (χ1) is 10.2. The highest BCUT2D eigenvalue weighted by molar-refractivity contribution is 5.77. The molecule has 0 atom stereocenters. The fourth-order valence-corrected chi connectivity index (χ4v) is 1.66. The molecule has 1 amide bonds.